The van der Waals surface area contributed by atoms with Gasteiger partial charge in [0.05, 0.1) is 6.26 Å². The summed E-state index contributed by atoms with van der Waals surface area (Å²) in [7, 11) is -3.16. The van der Waals surface area contributed by atoms with Gasteiger partial charge in [-0.1, -0.05) is 12.1 Å². The topological polar surface area (TPSA) is 72.2 Å². The lowest BCUT2D eigenvalue weighted by Crippen LogP contribution is -2.25. The number of hydrogen-bond donors (Lipinski definition) is 2. The van der Waals surface area contributed by atoms with Crippen LogP contribution in [0.1, 0.15) is 18.5 Å². The molecule has 4 nitrogen and oxygen atoms in total. The molecule has 1 rings (SSSR count). The molecule has 78 valence electrons. The molecule has 0 aliphatic heterocycles. The molecule has 0 amide bonds. The highest BCUT2D eigenvalue weighted by atomic mass is 32.2. The Labute approximate surface area is 84.2 Å². The van der Waals surface area contributed by atoms with Gasteiger partial charge in [-0.15, -0.1) is 0 Å². The first-order valence-electron chi connectivity index (χ1n) is 4.21. The average molecular weight is 214 g/mol. The van der Waals surface area contributed by atoms with Crippen molar-refractivity contribution in [3.05, 3.63) is 29.8 Å². The van der Waals surface area contributed by atoms with Gasteiger partial charge in [0.25, 0.3) is 0 Å². The van der Waals surface area contributed by atoms with Crippen LogP contribution >= 0.6 is 0 Å². The van der Waals surface area contributed by atoms with Gasteiger partial charge >= 0.3 is 0 Å². The molecule has 0 saturated heterocycles. The van der Waals surface area contributed by atoms with Gasteiger partial charge < -0.3 is 5.73 Å². The largest absolute Gasteiger partial charge is 0.399 e. The van der Waals surface area contributed by atoms with Crippen molar-refractivity contribution in [2.24, 2.45) is 0 Å². The molecule has 0 spiro atoms. The van der Waals surface area contributed by atoms with Crippen molar-refractivity contribution >= 4 is 15.7 Å². The van der Waals surface area contributed by atoms with Crippen LogP contribution in [0.3, 0.4) is 0 Å². The molecular formula is C9H14N2O2S. The number of nitrogens with one attached hydrogen (secondary N) is 1. The Hall–Kier alpha value is -1.07. The Bertz CT molecular complexity index is 397. The third-order valence-electron chi connectivity index (χ3n) is 1.83. The van der Waals surface area contributed by atoms with E-state index in [1.165, 1.54) is 0 Å². The molecule has 1 aromatic carbocycles. The summed E-state index contributed by atoms with van der Waals surface area (Å²) in [6, 6.07) is 6.87. The Kier molecular flexibility index (Phi) is 3.13. The first-order chi connectivity index (χ1) is 6.38. The van der Waals surface area contributed by atoms with E-state index in [0.29, 0.717) is 5.69 Å². The summed E-state index contributed by atoms with van der Waals surface area (Å²) in [6.07, 6.45) is 1.14. The molecule has 0 heterocycles. The van der Waals surface area contributed by atoms with Gasteiger partial charge in [0.1, 0.15) is 0 Å². The third-order valence-corrected chi connectivity index (χ3v) is 2.61. The molecule has 0 aliphatic carbocycles. The van der Waals surface area contributed by atoms with E-state index in [1.807, 2.05) is 0 Å². The lowest BCUT2D eigenvalue weighted by Gasteiger charge is -2.12. The molecule has 0 aliphatic rings. The van der Waals surface area contributed by atoms with Crippen LogP contribution in [-0.2, 0) is 10.0 Å². The second-order valence-electron chi connectivity index (χ2n) is 3.28. The van der Waals surface area contributed by atoms with Crippen LogP contribution < -0.4 is 10.5 Å². The maximum Gasteiger partial charge on any atom is 0.209 e. The van der Waals surface area contributed by atoms with Crippen LogP contribution in [0.4, 0.5) is 5.69 Å². The van der Waals surface area contributed by atoms with Crippen LogP contribution in [0.2, 0.25) is 0 Å². The highest BCUT2D eigenvalue weighted by Crippen LogP contribution is 2.14. The van der Waals surface area contributed by atoms with Crippen molar-refractivity contribution in [2.75, 3.05) is 12.0 Å². The monoisotopic (exact) mass is 214 g/mol. The molecule has 0 saturated carbocycles. The molecule has 0 fully saturated rings. The predicted molar refractivity (Wildman–Crippen MR) is 57.2 cm³/mol. The predicted octanol–water partition coefficient (Wildman–Crippen LogP) is 0.879. The van der Waals surface area contributed by atoms with Gasteiger partial charge in [0, 0.05) is 11.7 Å². The van der Waals surface area contributed by atoms with E-state index in [-0.39, 0.29) is 6.04 Å². The molecule has 0 aromatic heterocycles. The van der Waals surface area contributed by atoms with Crippen molar-refractivity contribution in [3.8, 4) is 0 Å². The van der Waals surface area contributed by atoms with Crippen LogP contribution in [-0.4, -0.2) is 14.7 Å². The minimum absolute atomic E-state index is 0.231. The Balaban J connectivity index is 2.80. The van der Waals surface area contributed by atoms with E-state index < -0.39 is 10.0 Å². The Morgan fingerprint density at radius 3 is 2.21 bits per heavy atom. The van der Waals surface area contributed by atoms with E-state index in [4.69, 9.17) is 5.73 Å². The number of sulfonamides is 1. The number of benzene rings is 1. The molecule has 1 atom stereocenters. The van der Waals surface area contributed by atoms with Crippen molar-refractivity contribution in [2.45, 2.75) is 13.0 Å². The van der Waals surface area contributed by atoms with Crippen LogP contribution in [0.25, 0.3) is 0 Å². The summed E-state index contributed by atoms with van der Waals surface area (Å²) >= 11 is 0. The molecule has 1 unspecified atom stereocenters. The first-order valence-corrected chi connectivity index (χ1v) is 6.10. The quantitative estimate of drug-likeness (QED) is 0.734. The van der Waals surface area contributed by atoms with Crippen molar-refractivity contribution < 1.29 is 8.42 Å². The zero-order valence-electron chi connectivity index (χ0n) is 8.19. The molecule has 14 heavy (non-hydrogen) atoms. The van der Waals surface area contributed by atoms with Gasteiger partial charge in [-0.05, 0) is 24.6 Å². The summed E-state index contributed by atoms with van der Waals surface area (Å²) in [5.74, 6) is 0. The normalized spacial score (nSPS) is 13.9. The van der Waals surface area contributed by atoms with Crippen LogP contribution in [0.5, 0.6) is 0 Å². The lowest BCUT2D eigenvalue weighted by molar-refractivity contribution is 0.573. The van der Waals surface area contributed by atoms with E-state index in [1.54, 1.807) is 31.2 Å². The van der Waals surface area contributed by atoms with E-state index in [0.717, 1.165) is 11.8 Å². The minimum atomic E-state index is -3.16. The maximum atomic E-state index is 10.9. The molecule has 3 N–H and O–H groups in total. The van der Waals surface area contributed by atoms with Crippen molar-refractivity contribution in [1.29, 1.82) is 0 Å². The smallest absolute Gasteiger partial charge is 0.209 e. The highest BCUT2D eigenvalue weighted by Gasteiger charge is 2.09. The van der Waals surface area contributed by atoms with E-state index >= 15 is 0 Å². The second-order valence-corrected chi connectivity index (χ2v) is 5.06. The van der Waals surface area contributed by atoms with Gasteiger partial charge in [0.2, 0.25) is 10.0 Å². The van der Waals surface area contributed by atoms with Crippen molar-refractivity contribution in [1.82, 2.24) is 4.72 Å². The SMILES string of the molecule is CC(NS(C)(=O)=O)c1ccc(N)cc1. The Morgan fingerprint density at radius 2 is 1.79 bits per heavy atom. The number of anilines is 1. The maximum absolute atomic E-state index is 10.9. The molecule has 1 aromatic rings. The summed E-state index contributed by atoms with van der Waals surface area (Å²) in [4.78, 5) is 0. The average Bonchev–Trinajstić information content (AvgIpc) is 2.02. The van der Waals surface area contributed by atoms with Crippen molar-refractivity contribution in [3.63, 3.8) is 0 Å². The molecule has 5 heteroatoms. The molecule has 0 radical (unpaired) electrons. The first kappa shape index (κ1) is 11.0. The van der Waals surface area contributed by atoms with E-state index in [9.17, 15) is 8.42 Å². The third kappa shape index (κ3) is 3.35. The Morgan fingerprint density at radius 1 is 1.29 bits per heavy atom. The fourth-order valence-electron chi connectivity index (χ4n) is 1.17. The second kappa shape index (κ2) is 3.98. The highest BCUT2D eigenvalue weighted by molar-refractivity contribution is 7.88. The summed E-state index contributed by atoms with van der Waals surface area (Å²) < 4.78 is 24.4. The minimum Gasteiger partial charge on any atom is -0.399 e. The number of hydrogen-bond acceptors (Lipinski definition) is 3. The van der Waals surface area contributed by atoms with E-state index in [2.05, 4.69) is 4.72 Å². The summed E-state index contributed by atoms with van der Waals surface area (Å²) in [5, 5.41) is 0. The zero-order chi connectivity index (χ0) is 10.8. The van der Waals surface area contributed by atoms with Gasteiger partial charge in [0.15, 0.2) is 0 Å². The number of nitrogen functional groups attached to an aromatic ring is 1. The van der Waals surface area contributed by atoms with Crippen LogP contribution in [0.15, 0.2) is 24.3 Å². The fraction of sp³-hybridized carbons (Fsp3) is 0.333. The van der Waals surface area contributed by atoms with Gasteiger partial charge in [-0.2, -0.15) is 0 Å². The molecule has 0 bridgehead atoms. The van der Waals surface area contributed by atoms with Crippen LogP contribution in [0, 0.1) is 0 Å². The summed E-state index contributed by atoms with van der Waals surface area (Å²) in [5.41, 5.74) is 7.08. The fourth-order valence-corrected chi connectivity index (χ4v) is 1.95. The van der Waals surface area contributed by atoms with Gasteiger partial charge in [-0.25, -0.2) is 13.1 Å². The summed E-state index contributed by atoms with van der Waals surface area (Å²) in [6.45, 7) is 1.78. The standard InChI is InChI=1S/C9H14N2O2S/c1-7(11-14(2,12)13)8-3-5-9(10)6-4-8/h3-7,11H,10H2,1-2H3. The number of nitrogens with two attached hydrogens (primary N) is 1. The lowest BCUT2D eigenvalue weighted by atomic mass is 10.1. The zero-order valence-corrected chi connectivity index (χ0v) is 9.01. The number of rotatable bonds is 3. The molecular weight excluding hydrogens is 200 g/mol. The van der Waals surface area contributed by atoms with Gasteiger partial charge in [-0.3, -0.25) is 0 Å².